The van der Waals surface area contributed by atoms with Gasteiger partial charge in [0, 0.05) is 12.6 Å². The van der Waals surface area contributed by atoms with Gasteiger partial charge in [0.15, 0.2) is 0 Å². The van der Waals surface area contributed by atoms with Crippen molar-refractivity contribution in [2.75, 3.05) is 26.4 Å². The highest BCUT2D eigenvalue weighted by atomic mass is 35.5. The van der Waals surface area contributed by atoms with Gasteiger partial charge in [-0.25, -0.2) is 0 Å². The van der Waals surface area contributed by atoms with Crippen LogP contribution < -0.4 is 5.32 Å². The second kappa shape index (κ2) is 7.12. The van der Waals surface area contributed by atoms with Gasteiger partial charge in [0.25, 0.3) is 0 Å². The zero-order valence-corrected chi connectivity index (χ0v) is 8.56. The van der Waals surface area contributed by atoms with Crippen LogP contribution in [0.5, 0.6) is 0 Å². The van der Waals surface area contributed by atoms with Gasteiger partial charge in [-0.3, -0.25) is 4.79 Å². The minimum atomic E-state index is -0.152. The standard InChI is InChI=1S/C8H15NO3.ClH/c1-2-12-8(10)5-7-6-11-4-3-9-7;/h7,9H,2-6H2,1H3;1H/t7-;/m0./s1. The number of morpholine rings is 1. The summed E-state index contributed by atoms with van der Waals surface area (Å²) < 4.78 is 10.0. The lowest BCUT2D eigenvalue weighted by molar-refractivity contribution is -0.144. The second-order valence-corrected chi connectivity index (χ2v) is 2.74. The van der Waals surface area contributed by atoms with E-state index in [0.29, 0.717) is 19.6 Å². The molecule has 0 aromatic rings. The largest absolute Gasteiger partial charge is 0.466 e. The maximum atomic E-state index is 11.0. The summed E-state index contributed by atoms with van der Waals surface area (Å²) in [6, 6.07) is 0.137. The van der Waals surface area contributed by atoms with Gasteiger partial charge >= 0.3 is 5.97 Å². The zero-order valence-electron chi connectivity index (χ0n) is 7.75. The molecule has 13 heavy (non-hydrogen) atoms. The van der Waals surface area contributed by atoms with Crippen LogP contribution >= 0.6 is 12.4 Å². The Morgan fingerprint density at radius 2 is 2.46 bits per heavy atom. The number of ether oxygens (including phenoxy) is 2. The second-order valence-electron chi connectivity index (χ2n) is 2.74. The molecular weight excluding hydrogens is 194 g/mol. The Kier molecular flexibility index (Phi) is 6.94. The highest BCUT2D eigenvalue weighted by Crippen LogP contribution is 1.99. The lowest BCUT2D eigenvalue weighted by Gasteiger charge is -2.22. The summed E-state index contributed by atoms with van der Waals surface area (Å²) in [4.78, 5) is 11.0. The summed E-state index contributed by atoms with van der Waals surface area (Å²) in [7, 11) is 0. The zero-order chi connectivity index (χ0) is 8.81. The van der Waals surface area contributed by atoms with E-state index in [1.807, 2.05) is 6.92 Å². The maximum absolute atomic E-state index is 11.0. The van der Waals surface area contributed by atoms with Gasteiger partial charge in [-0.1, -0.05) is 0 Å². The summed E-state index contributed by atoms with van der Waals surface area (Å²) in [5, 5.41) is 3.18. The fourth-order valence-electron chi connectivity index (χ4n) is 1.17. The fraction of sp³-hybridized carbons (Fsp3) is 0.875. The Balaban J connectivity index is 0.00000144. The summed E-state index contributed by atoms with van der Waals surface area (Å²) in [6.07, 6.45) is 0.411. The molecule has 0 radical (unpaired) electrons. The molecule has 1 aliphatic heterocycles. The van der Waals surface area contributed by atoms with Crippen molar-refractivity contribution in [1.29, 1.82) is 0 Å². The monoisotopic (exact) mass is 209 g/mol. The molecule has 1 fully saturated rings. The molecule has 5 heteroatoms. The Bertz CT molecular complexity index is 148. The third-order valence-corrected chi connectivity index (χ3v) is 1.72. The van der Waals surface area contributed by atoms with E-state index in [2.05, 4.69) is 5.32 Å². The molecule has 0 bridgehead atoms. The van der Waals surface area contributed by atoms with E-state index in [9.17, 15) is 4.79 Å². The molecule has 0 aromatic heterocycles. The number of hydrogen-bond donors (Lipinski definition) is 1. The Hall–Kier alpha value is -0.320. The van der Waals surface area contributed by atoms with E-state index in [4.69, 9.17) is 9.47 Å². The van der Waals surface area contributed by atoms with Crippen LogP contribution in [0.3, 0.4) is 0 Å². The molecule has 1 saturated heterocycles. The Morgan fingerprint density at radius 3 is 3.00 bits per heavy atom. The predicted molar refractivity (Wildman–Crippen MR) is 51.1 cm³/mol. The first-order chi connectivity index (χ1) is 5.83. The molecule has 0 aromatic carbocycles. The molecule has 4 nitrogen and oxygen atoms in total. The number of carbonyl (C=O) groups excluding carboxylic acids is 1. The van der Waals surface area contributed by atoms with Crippen LogP contribution in [0.15, 0.2) is 0 Å². The van der Waals surface area contributed by atoms with E-state index >= 15 is 0 Å². The van der Waals surface area contributed by atoms with Crippen molar-refractivity contribution >= 4 is 18.4 Å². The first-order valence-electron chi connectivity index (χ1n) is 4.29. The summed E-state index contributed by atoms with van der Waals surface area (Å²) >= 11 is 0. The van der Waals surface area contributed by atoms with Gasteiger partial charge in [-0.2, -0.15) is 0 Å². The number of nitrogens with one attached hydrogen (secondary N) is 1. The molecule has 78 valence electrons. The van der Waals surface area contributed by atoms with E-state index in [0.717, 1.165) is 13.2 Å². The minimum absolute atomic E-state index is 0. The van der Waals surface area contributed by atoms with Gasteiger partial charge in [-0.15, -0.1) is 12.4 Å². The lowest BCUT2D eigenvalue weighted by atomic mass is 10.2. The molecule has 0 spiro atoms. The Morgan fingerprint density at radius 1 is 1.69 bits per heavy atom. The Labute approximate surface area is 84.4 Å². The third kappa shape index (κ3) is 5.08. The number of esters is 1. The third-order valence-electron chi connectivity index (χ3n) is 1.72. The molecule has 1 rings (SSSR count). The molecule has 1 atom stereocenters. The fourth-order valence-corrected chi connectivity index (χ4v) is 1.17. The lowest BCUT2D eigenvalue weighted by Crippen LogP contribution is -2.42. The normalized spacial score (nSPS) is 21.8. The van der Waals surface area contributed by atoms with Gasteiger partial charge in [-0.05, 0) is 6.92 Å². The van der Waals surface area contributed by atoms with Crippen molar-refractivity contribution in [3.63, 3.8) is 0 Å². The van der Waals surface area contributed by atoms with Crippen molar-refractivity contribution in [3.8, 4) is 0 Å². The number of rotatable bonds is 3. The first-order valence-corrected chi connectivity index (χ1v) is 4.29. The highest BCUT2D eigenvalue weighted by molar-refractivity contribution is 5.85. The molecule has 0 unspecified atom stereocenters. The average Bonchev–Trinajstić information content (AvgIpc) is 2.06. The van der Waals surface area contributed by atoms with Crippen LogP contribution in [0.1, 0.15) is 13.3 Å². The van der Waals surface area contributed by atoms with Gasteiger partial charge in [0.1, 0.15) is 0 Å². The molecule has 1 N–H and O–H groups in total. The number of halogens is 1. The first kappa shape index (κ1) is 12.7. The van der Waals surface area contributed by atoms with E-state index in [1.54, 1.807) is 0 Å². The van der Waals surface area contributed by atoms with Gasteiger partial charge in [0.05, 0.1) is 26.2 Å². The molecule has 1 aliphatic rings. The average molecular weight is 210 g/mol. The number of hydrogen-bond acceptors (Lipinski definition) is 4. The molecule has 0 saturated carbocycles. The van der Waals surface area contributed by atoms with E-state index < -0.39 is 0 Å². The van der Waals surface area contributed by atoms with Crippen LogP contribution in [0.25, 0.3) is 0 Å². The summed E-state index contributed by atoms with van der Waals surface area (Å²) in [6.45, 7) is 4.43. The van der Waals surface area contributed by atoms with Crippen molar-refractivity contribution in [2.45, 2.75) is 19.4 Å². The summed E-state index contributed by atoms with van der Waals surface area (Å²) in [5.41, 5.74) is 0. The maximum Gasteiger partial charge on any atom is 0.307 e. The molecule has 1 heterocycles. The molecule has 0 amide bonds. The SMILES string of the molecule is CCOC(=O)C[C@H]1COCCN1.Cl. The van der Waals surface area contributed by atoms with Crippen molar-refractivity contribution in [3.05, 3.63) is 0 Å². The van der Waals surface area contributed by atoms with Gasteiger partial charge in [0.2, 0.25) is 0 Å². The number of carbonyl (C=O) groups is 1. The van der Waals surface area contributed by atoms with E-state index in [-0.39, 0.29) is 24.4 Å². The predicted octanol–water partition coefficient (Wildman–Crippen LogP) is 0.350. The van der Waals surface area contributed by atoms with Crippen molar-refractivity contribution < 1.29 is 14.3 Å². The van der Waals surface area contributed by atoms with Crippen LogP contribution in [0.4, 0.5) is 0 Å². The van der Waals surface area contributed by atoms with Gasteiger partial charge < -0.3 is 14.8 Å². The summed E-state index contributed by atoms with van der Waals surface area (Å²) in [5.74, 6) is -0.152. The van der Waals surface area contributed by atoms with E-state index in [1.165, 1.54) is 0 Å². The van der Waals surface area contributed by atoms with Crippen LogP contribution in [0, 0.1) is 0 Å². The highest BCUT2D eigenvalue weighted by Gasteiger charge is 2.16. The van der Waals surface area contributed by atoms with Crippen LogP contribution in [-0.2, 0) is 14.3 Å². The topological polar surface area (TPSA) is 47.6 Å². The van der Waals surface area contributed by atoms with Crippen LogP contribution in [-0.4, -0.2) is 38.4 Å². The molecule has 0 aliphatic carbocycles. The molecular formula is C8H16ClNO3. The smallest absolute Gasteiger partial charge is 0.307 e. The minimum Gasteiger partial charge on any atom is -0.466 e. The van der Waals surface area contributed by atoms with Crippen LogP contribution in [0.2, 0.25) is 0 Å². The van der Waals surface area contributed by atoms with Crippen molar-refractivity contribution in [2.24, 2.45) is 0 Å². The quantitative estimate of drug-likeness (QED) is 0.682. The van der Waals surface area contributed by atoms with Crippen molar-refractivity contribution in [1.82, 2.24) is 5.32 Å².